The largest absolute Gasteiger partial charge is 0.355 e. The lowest BCUT2D eigenvalue weighted by molar-refractivity contribution is 0.0788. The van der Waals surface area contributed by atoms with Crippen LogP contribution in [0.3, 0.4) is 0 Å². The summed E-state index contributed by atoms with van der Waals surface area (Å²) in [5.74, 6) is -0.385. The molecule has 3 heterocycles. The second kappa shape index (κ2) is 8.81. The van der Waals surface area contributed by atoms with Crippen molar-refractivity contribution in [1.29, 1.82) is 0 Å². The van der Waals surface area contributed by atoms with Gasteiger partial charge in [-0.1, -0.05) is 0 Å². The first kappa shape index (κ1) is 21.4. The molecule has 2 aromatic heterocycles. The molecule has 33 heavy (non-hydrogen) atoms. The van der Waals surface area contributed by atoms with Crippen LogP contribution < -0.4 is 10.9 Å². The summed E-state index contributed by atoms with van der Waals surface area (Å²) in [5.41, 5.74) is 5.48. The number of carbonyl (C=O) groups is 1. The summed E-state index contributed by atoms with van der Waals surface area (Å²) < 4.78 is 13.2. The zero-order chi connectivity index (χ0) is 22.9. The van der Waals surface area contributed by atoms with Crippen molar-refractivity contribution in [1.82, 2.24) is 14.9 Å². The molecule has 1 fully saturated rings. The van der Waals surface area contributed by atoms with Crippen molar-refractivity contribution in [2.45, 2.75) is 44.9 Å². The predicted octanol–water partition coefficient (Wildman–Crippen LogP) is 4.47. The van der Waals surface area contributed by atoms with E-state index in [0.717, 1.165) is 66.1 Å². The monoisotopic (exact) mass is 446 g/mol. The number of benzene rings is 1. The number of halogens is 1. The number of aromatic amines is 1. The number of rotatable bonds is 4. The highest BCUT2D eigenvalue weighted by Crippen LogP contribution is 2.30. The smallest absolute Gasteiger partial charge is 0.261 e. The van der Waals surface area contributed by atoms with Crippen molar-refractivity contribution < 1.29 is 9.18 Å². The molecule has 5 rings (SSSR count). The number of carbonyl (C=O) groups excluding carboxylic acids is 1. The van der Waals surface area contributed by atoms with E-state index in [4.69, 9.17) is 4.98 Å². The number of pyridine rings is 2. The van der Waals surface area contributed by atoms with Crippen LogP contribution in [0.4, 0.5) is 15.8 Å². The van der Waals surface area contributed by atoms with E-state index in [1.54, 1.807) is 23.1 Å². The third kappa shape index (κ3) is 4.53. The number of amides is 1. The quantitative estimate of drug-likeness (QED) is 0.620. The molecule has 1 atom stereocenters. The molecule has 3 aromatic rings. The van der Waals surface area contributed by atoms with Crippen LogP contribution in [0.2, 0.25) is 0 Å². The summed E-state index contributed by atoms with van der Waals surface area (Å²) in [4.78, 5) is 35.2. The number of fused-ring (bicyclic) bond motifs is 1. The fourth-order valence-electron chi connectivity index (χ4n) is 4.87. The normalized spacial score (nSPS) is 17.6. The van der Waals surface area contributed by atoms with Gasteiger partial charge < -0.3 is 15.2 Å². The van der Waals surface area contributed by atoms with Gasteiger partial charge in [-0.15, -0.1) is 0 Å². The molecule has 0 spiro atoms. The summed E-state index contributed by atoms with van der Waals surface area (Å²) in [5, 5.41) is 3.30. The van der Waals surface area contributed by atoms with Crippen molar-refractivity contribution in [2.75, 3.05) is 18.4 Å². The number of hydrogen-bond acceptors (Lipinski definition) is 4. The van der Waals surface area contributed by atoms with E-state index in [1.165, 1.54) is 12.1 Å². The molecule has 2 aliphatic rings. The Labute approximate surface area is 191 Å². The average Bonchev–Trinajstić information content (AvgIpc) is 3.30. The van der Waals surface area contributed by atoms with Crippen molar-refractivity contribution in [3.63, 3.8) is 0 Å². The Morgan fingerprint density at radius 3 is 2.73 bits per heavy atom. The minimum Gasteiger partial charge on any atom is -0.355 e. The lowest BCUT2D eigenvalue weighted by Crippen LogP contribution is -2.34. The summed E-state index contributed by atoms with van der Waals surface area (Å²) in [6, 6.07) is 11.9. The van der Waals surface area contributed by atoms with Crippen LogP contribution in [0.5, 0.6) is 0 Å². The number of aromatic nitrogens is 2. The Morgan fingerprint density at radius 1 is 1.12 bits per heavy atom. The van der Waals surface area contributed by atoms with Gasteiger partial charge in [0.1, 0.15) is 11.4 Å². The zero-order valence-corrected chi connectivity index (χ0v) is 18.7. The minimum atomic E-state index is -0.288. The Kier molecular flexibility index (Phi) is 5.70. The lowest BCUT2D eigenvalue weighted by atomic mass is 9.95. The van der Waals surface area contributed by atoms with Crippen molar-refractivity contribution in [2.24, 2.45) is 0 Å². The molecule has 1 aromatic carbocycles. The van der Waals surface area contributed by atoms with Gasteiger partial charge in [0.2, 0.25) is 0 Å². The summed E-state index contributed by atoms with van der Waals surface area (Å²) >= 11 is 0. The van der Waals surface area contributed by atoms with E-state index >= 15 is 0 Å². The summed E-state index contributed by atoms with van der Waals surface area (Å²) in [6.45, 7) is 3.06. The van der Waals surface area contributed by atoms with E-state index in [-0.39, 0.29) is 28.8 Å². The molecule has 1 aliphatic heterocycles. The zero-order valence-electron chi connectivity index (χ0n) is 18.7. The van der Waals surface area contributed by atoms with E-state index < -0.39 is 0 Å². The van der Waals surface area contributed by atoms with Gasteiger partial charge in [0.25, 0.3) is 11.5 Å². The molecule has 0 bridgehead atoms. The topological polar surface area (TPSA) is 78.1 Å². The first-order valence-electron chi connectivity index (χ1n) is 11.5. The first-order valence-corrected chi connectivity index (χ1v) is 11.5. The van der Waals surface area contributed by atoms with Gasteiger partial charge in [-0.2, -0.15) is 0 Å². The highest BCUT2D eigenvalue weighted by Gasteiger charge is 2.31. The first-order chi connectivity index (χ1) is 16.0. The van der Waals surface area contributed by atoms with Crippen LogP contribution >= 0.6 is 0 Å². The molecule has 6 nitrogen and oxygen atoms in total. The van der Waals surface area contributed by atoms with Crippen LogP contribution in [0.15, 0.2) is 47.3 Å². The van der Waals surface area contributed by atoms with E-state index in [2.05, 4.69) is 10.3 Å². The lowest BCUT2D eigenvalue weighted by Gasteiger charge is -2.19. The van der Waals surface area contributed by atoms with Crippen molar-refractivity contribution >= 4 is 17.3 Å². The molecule has 0 saturated carbocycles. The molecular weight excluding hydrogens is 419 g/mol. The van der Waals surface area contributed by atoms with Gasteiger partial charge in [0.15, 0.2) is 0 Å². The van der Waals surface area contributed by atoms with Crippen LogP contribution in [0.1, 0.15) is 58.2 Å². The number of H-pyrrole nitrogens is 1. The predicted molar refractivity (Wildman–Crippen MR) is 126 cm³/mol. The van der Waals surface area contributed by atoms with Crippen LogP contribution in [-0.2, 0) is 12.8 Å². The van der Waals surface area contributed by atoms with Crippen molar-refractivity contribution in [3.05, 3.63) is 86.8 Å². The van der Waals surface area contributed by atoms with Crippen LogP contribution in [-0.4, -0.2) is 33.9 Å². The van der Waals surface area contributed by atoms with Gasteiger partial charge >= 0.3 is 0 Å². The van der Waals surface area contributed by atoms with E-state index in [0.29, 0.717) is 13.1 Å². The molecule has 1 unspecified atom stereocenters. The standard InChI is InChI=1S/C26H27FN4O2/c1-16-12-21(29-20-8-6-19(27)7-9-20)14-24(28-16)18-10-11-31(15-18)26(33)22-13-17-4-2-3-5-23(17)30-25(22)32/h6-9,12-14,18H,2-5,10-11,15H2,1H3,(H,28,29)(H,30,32). The SMILES string of the molecule is Cc1cc(Nc2ccc(F)cc2)cc(C2CCN(C(=O)c3cc4c([nH]c3=O)CCCC4)C2)n1. The second-order valence-corrected chi connectivity index (χ2v) is 9.01. The highest BCUT2D eigenvalue weighted by molar-refractivity contribution is 5.94. The van der Waals surface area contributed by atoms with Gasteiger partial charge in [-0.3, -0.25) is 14.6 Å². The molecule has 2 N–H and O–H groups in total. The Morgan fingerprint density at radius 2 is 1.91 bits per heavy atom. The molecule has 1 saturated heterocycles. The fourth-order valence-corrected chi connectivity index (χ4v) is 4.87. The van der Waals surface area contributed by atoms with Gasteiger partial charge in [0.05, 0.1) is 0 Å². The number of anilines is 2. The number of likely N-dealkylation sites (tertiary alicyclic amines) is 1. The Bertz CT molecular complexity index is 1250. The second-order valence-electron chi connectivity index (χ2n) is 9.01. The maximum atomic E-state index is 13.2. The summed E-state index contributed by atoms with van der Waals surface area (Å²) in [6.07, 6.45) is 4.74. The third-order valence-corrected chi connectivity index (χ3v) is 6.57. The molecule has 0 radical (unpaired) electrons. The fraction of sp³-hybridized carbons (Fsp3) is 0.346. The van der Waals surface area contributed by atoms with Gasteiger partial charge in [-0.25, -0.2) is 4.39 Å². The third-order valence-electron chi connectivity index (χ3n) is 6.57. The Hall–Kier alpha value is -3.48. The molecule has 1 aliphatic carbocycles. The number of hydrogen-bond donors (Lipinski definition) is 2. The van der Waals surface area contributed by atoms with Gasteiger partial charge in [-0.05, 0) is 87.1 Å². The highest BCUT2D eigenvalue weighted by atomic mass is 19.1. The minimum absolute atomic E-state index is 0.0966. The van der Waals surface area contributed by atoms with E-state index in [9.17, 15) is 14.0 Å². The van der Waals surface area contributed by atoms with Gasteiger partial charge in [0, 0.05) is 47.5 Å². The maximum absolute atomic E-state index is 13.2. The number of aryl methyl sites for hydroxylation is 3. The molecular formula is C26H27FN4O2. The molecule has 7 heteroatoms. The molecule has 170 valence electrons. The maximum Gasteiger partial charge on any atom is 0.261 e. The van der Waals surface area contributed by atoms with E-state index in [1.807, 2.05) is 19.1 Å². The summed E-state index contributed by atoms with van der Waals surface area (Å²) in [7, 11) is 0. The number of nitrogens with one attached hydrogen (secondary N) is 2. The average molecular weight is 447 g/mol. The van der Waals surface area contributed by atoms with Crippen LogP contribution in [0, 0.1) is 12.7 Å². The Balaban J connectivity index is 1.33. The van der Waals surface area contributed by atoms with Crippen LogP contribution in [0.25, 0.3) is 0 Å². The van der Waals surface area contributed by atoms with Crippen molar-refractivity contribution in [3.8, 4) is 0 Å². The molecule has 1 amide bonds. The number of nitrogens with zero attached hydrogens (tertiary/aromatic N) is 2.